The van der Waals surface area contributed by atoms with Crippen LogP contribution >= 0.6 is 15.9 Å². The van der Waals surface area contributed by atoms with Crippen molar-refractivity contribution in [2.45, 2.75) is 20.4 Å². The van der Waals surface area contributed by atoms with Crippen LogP contribution in [-0.4, -0.2) is 17.4 Å². The van der Waals surface area contributed by atoms with Crippen molar-refractivity contribution in [3.05, 3.63) is 57.8 Å². The van der Waals surface area contributed by atoms with Gasteiger partial charge in [0.1, 0.15) is 0 Å². The fourth-order valence-electron chi connectivity index (χ4n) is 1.96. The van der Waals surface area contributed by atoms with Gasteiger partial charge in [-0.2, -0.15) is 0 Å². The smallest absolute Gasteiger partial charge is 0.255 e. The summed E-state index contributed by atoms with van der Waals surface area (Å²) in [7, 11) is 0. The summed E-state index contributed by atoms with van der Waals surface area (Å²) in [6.07, 6.45) is 1.62. The summed E-state index contributed by atoms with van der Waals surface area (Å²) in [6.45, 7) is 5.16. The molecule has 0 saturated carbocycles. The van der Waals surface area contributed by atoms with Crippen LogP contribution in [0.5, 0.6) is 0 Å². The van der Waals surface area contributed by atoms with Crippen LogP contribution in [0.2, 0.25) is 0 Å². The molecule has 2 N–H and O–H groups in total. The number of carbonyl (C=O) groups excluding carboxylic acids is 1. The predicted octanol–water partition coefficient (Wildman–Crippen LogP) is 3.51. The Bertz CT molecular complexity index is 626. The van der Waals surface area contributed by atoms with Crippen molar-refractivity contribution >= 4 is 27.5 Å². The molecule has 0 fully saturated rings. The lowest BCUT2D eigenvalue weighted by atomic mass is 10.1. The Morgan fingerprint density at radius 3 is 2.67 bits per heavy atom. The number of halogens is 1. The summed E-state index contributed by atoms with van der Waals surface area (Å²) in [5, 5.41) is 6.12. The van der Waals surface area contributed by atoms with Crippen LogP contribution in [0.25, 0.3) is 0 Å². The average Bonchev–Trinajstić information content (AvgIpc) is 2.47. The fourth-order valence-corrected chi connectivity index (χ4v) is 2.22. The number of carbonyl (C=O) groups is 1. The minimum atomic E-state index is -0.124. The maximum absolute atomic E-state index is 12.3. The zero-order valence-corrected chi connectivity index (χ0v) is 13.7. The number of hydrogen-bond acceptors (Lipinski definition) is 3. The molecule has 1 amide bonds. The molecule has 0 aliphatic heterocycles. The van der Waals surface area contributed by atoms with E-state index in [0.717, 1.165) is 28.0 Å². The van der Waals surface area contributed by atoms with Gasteiger partial charge in [-0.15, -0.1) is 0 Å². The zero-order valence-electron chi connectivity index (χ0n) is 12.1. The largest absolute Gasteiger partial charge is 0.385 e. The lowest BCUT2D eigenvalue weighted by Crippen LogP contribution is -2.24. The van der Waals surface area contributed by atoms with Crippen LogP contribution in [0.1, 0.15) is 28.5 Å². The van der Waals surface area contributed by atoms with Crippen molar-refractivity contribution in [2.24, 2.45) is 0 Å². The Morgan fingerprint density at radius 1 is 1.29 bits per heavy atom. The van der Waals surface area contributed by atoms with Gasteiger partial charge in [0.2, 0.25) is 0 Å². The van der Waals surface area contributed by atoms with Gasteiger partial charge in [-0.3, -0.25) is 9.78 Å². The van der Waals surface area contributed by atoms with Gasteiger partial charge in [-0.25, -0.2) is 0 Å². The molecule has 2 aromatic rings. The third kappa shape index (κ3) is 4.29. The number of benzene rings is 1. The lowest BCUT2D eigenvalue weighted by Gasteiger charge is -2.11. The Balaban J connectivity index is 2.07. The average molecular weight is 348 g/mol. The number of aromatic nitrogens is 1. The van der Waals surface area contributed by atoms with Crippen molar-refractivity contribution < 1.29 is 4.79 Å². The second-order valence-corrected chi connectivity index (χ2v) is 5.63. The number of amides is 1. The van der Waals surface area contributed by atoms with Gasteiger partial charge in [0, 0.05) is 29.5 Å². The molecule has 1 aromatic carbocycles. The summed E-state index contributed by atoms with van der Waals surface area (Å²) >= 11 is 3.39. The van der Waals surface area contributed by atoms with E-state index in [0.29, 0.717) is 12.1 Å². The molecular formula is C16H18BrN3O. The number of rotatable bonds is 5. The quantitative estimate of drug-likeness (QED) is 0.869. The highest BCUT2D eigenvalue weighted by molar-refractivity contribution is 9.10. The van der Waals surface area contributed by atoms with Gasteiger partial charge in [0.05, 0.1) is 11.3 Å². The molecule has 4 nitrogen and oxygen atoms in total. The maximum Gasteiger partial charge on any atom is 0.255 e. The van der Waals surface area contributed by atoms with Crippen molar-refractivity contribution in [2.75, 3.05) is 11.9 Å². The Morgan fingerprint density at radius 2 is 2.00 bits per heavy atom. The standard InChI is InChI=1S/C16H18BrN3O/c1-3-18-15-8-11(2)19-10-14(15)16(21)20-9-12-4-6-13(17)7-5-12/h4-8,10H,3,9H2,1-2H3,(H,18,19)(H,20,21). The summed E-state index contributed by atoms with van der Waals surface area (Å²) in [5.74, 6) is -0.124. The van der Waals surface area contributed by atoms with E-state index in [1.807, 2.05) is 44.2 Å². The third-order valence-corrected chi connectivity index (χ3v) is 3.55. The molecule has 0 spiro atoms. The van der Waals surface area contributed by atoms with E-state index < -0.39 is 0 Å². The van der Waals surface area contributed by atoms with Gasteiger partial charge < -0.3 is 10.6 Å². The molecule has 0 atom stereocenters. The predicted molar refractivity (Wildman–Crippen MR) is 88.4 cm³/mol. The lowest BCUT2D eigenvalue weighted by molar-refractivity contribution is 0.0951. The molecule has 1 heterocycles. The van der Waals surface area contributed by atoms with Crippen molar-refractivity contribution in [3.8, 4) is 0 Å². The topological polar surface area (TPSA) is 54.0 Å². The van der Waals surface area contributed by atoms with E-state index in [9.17, 15) is 4.79 Å². The van der Waals surface area contributed by atoms with Crippen LogP contribution < -0.4 is 10.6 Å². The van der Waals surface area contributed by atoms with E-state index in [2.05, 4.69) is 31.5 Å². The summed E-state index contributed by atoms with van der Waals surface area (Å²) in [4.78, 5) is 16.5. The highest BCUT2D eigenvalue weighted by Gasteiger charge is 2.11. The second-order valence-electron chi connectivity index (χ2n) is 4.71. The molecule has 5 heteroatoms. The minimum absolute atomic E-state index is 0.124. The molecular weight excluding hydrogens is 330 g/mol. The summed E-state index contributed by atoms with van der Waals surface area (Å²) in [6, 6.07) is 9.75. The Labute approximate surface area is 133 Å². The molecule has 21 heavy (non-hydrogen) atoms. The van der Waals surface area contributed by atoms with Crippen LogP contribution in [0.15, 0.2) is 41.0 Å². The maximum atomic E-state index is 12.3. The Kier molecular flexibility index (Phi) is 5.33. The van der Waals surface area contributed by atoms with E-state index >= 15 is 0 Å². The van der Waals surface area contributed by atoms with Crippen LogP contribution in [-0.2, 0) is 6.54 Å². The first-order chi connectivity index (χ1) is 10.1. The zero-order chi connectivity index (χ0) is 15.2. The van der Waals surface area contributed by atoms with Crippen LogP contribution in [0, 0.1) is 6.92 Å². The Hall–Kier alpha value is -1.88. The normalized spacial score (nSPS) is 10.2. The van der Waals surface area contributed by atoms with E-state index in [1.54, 1.807) is 6.20 Å². The molecule has 0 unspecified atom stereocenters. The van der Waals surface area contributed by atoms with Gasteiger partial charge >= 0.3 is 0 Å². The second kappa shape index (κ2) is 7.22. The first-order valence-corrected chi connectivity index (χ1v) is 7.62. The number of hydrogen-bond donors (Lipinski definition) is 2. The number of nitrogens with one attached hydrogen (secondary N) is 2. The number of pyridine rings is 1. The minimum Gasteiger partial charge on any atom is -0.385 e. The molecule has 0 aliphatic carbocycles. The van der Waals surface area contributed by atoms with E-state index in [-0.39, 0.29) is 5.91 Å². The van der Waals surface area contributed by atoms with Crippen LogP contribution in [0.4, 0.5) is 5.69 Å². The first-order valence-electron chi connectivity index (χ1n) is 6.83. The summed E-state index contributed by atoms with van der Waals surface area (Å²) in [5.41, 5.74) is 3.32. The van der Waals surface area contributed by atoms with Gasteiger partial charge in [0.25, 0.3) is 5.91 Å². The highest BCUT2D eigenvalue weighted by atomic mass is 79.9. The molecule has 2 rings (SSSR count). The van der Waals surface area contributed by atoms with Crippen molar-refractivity contribution in [1.29, 1.82) is 0 Å². The number of aryl methyl sites for hydroxylation is 1. The number of anilines is 1. The molecule has 110 valence electrons. The molecule has 0 bridgehead atoms. The molecule has 0 aliphatic rings. The van der Waals surface area contributed by atoms with Crippen LogP contribution in [0.3, 0.4) is 0 Å². The van der Waals surface area contributed by atoms with E-state index in [1.165, 1.54) is 0 Å². The monoisotopic (exact) mass is 347 g/mol. The molecule has 1 aromatic heterocycles. The molecule has 0 radical (unpaired) electrons. The van der Waals surface area contributed by atoms with E-state index in [4.69, 9.17) is 0 Å². The SMILES string of the molecule is CCNc1cc(C)ncc1C(=O)NCc1ccc(Br)cc1. The number of nitrogens with zero attached hydrogens (tertiary/aromatic N) is 1. The third-order valence-electron chi connectivity index (χ3n) is 3.02. The highest BCUT2D eigenvalue weighted by Crippen LogP contribution is 2.16. The van der Waals surface area contributed by atoms with Gasteiger partial charge in [-0.1, -0.05) is 28.1 Å². The first kappa shape index (κ1) is 15.5. The van der Waals surface area contributed by atoms with Gasteiger partial charge in [-0.05, 0) is 37.6 Å². The fraction of sp³-hybridized carbons (Fsp3) is 0.250. The summed E-state index contributed by atoms with van der Waals surface area (Å²) < 4.78 is 1.02. The van der Waals surface area contributed by atoms with Crippen molar-refractivity contribution in [1.82, 2.24) is 10.3 Å². The van der Waals surface area contributed by atoms with Crippen molar-refractivity contribution in [3.63, 3.8) is 0 Å². The van der Waals surface area contributed by atoms with Gasteiger partial charge in [0.15, 0.2) is 0 Å². The molecule has 0 saturated heterocycles.